The number of sulfonamides is 1. The molecule has 0 aliphatic heterocycles. The minimum Gasteiger partial charge on any atom is -0.328 e. The van der Waals surface area contributed by atoms with Gasteiger partial charge in [0.2, 0.25) is 16.0 Å². The number of rotatable bonds is 7. The van der Waals surface area contributed by atoms with Crippen LogP contribution in [-0.2, 0) is 10.0 Å². The summed E-state index contributed by atoms with van der Waals surface area (Å²) in [5.74, 6) is 1.07. The van der Waals surface area contributed by atoms with Crippen LogP contribution in [0.1, 0.15) is 55.6 Å². The van der Waals surface area contributed by atoms with E-state index < -0.39 is 10.0 Å². The number of H-pyrrole nitrogens is 1. The second kappa shape index (κ2) is 8.87. The highest BCUT2D eigenvalue weighted by atomic mass is 32.2. The van der Waals surface area contributed by atoms with Gasteiger partial charge in [0.15, 0.2) is 0 Å². The van der Waals surface area contributed by atoms with Crippen LogP contribution in [0.15, 0.2) is 35.5 Å². The summed E-state index contributed by atoms with van der Waals surface area (Å²) in [6.45, 7) is 4.02. The quantitative estimate of drug-likeness (QED) is 0.479. The number of nitrogens with one attached hydrogen (secondary N) is 3. The van der Waals surface area contributed by atoms with E-state index in [1.165, 1.54) is 32.1 Å². The van der Waals surface area contributed by atoms with Crippen molar-refractivity contribution in [2.45, 2.75) is 56.8 Å². The van der Waals surface area contributed by atoms with Gasteiger partial charge in [-0.25, -0.2) is 23.1 Å². The number of aromatic amines is 1. The van der Waals surface area contributed by atoms with E-state index in [1.807, 2.05) is 25.3 Å². The highest BCUT2D eigenvalue weighted by Gasteiger charge is 2.23. The molecule has 3 aromatic rings. The number of nitrogens with zero attached hydrogens (tertiary/aromatic N) is 2. The monoisotopic (exact) mass is 445 g/mol. The minimum atomic E-state index is -3.66. The third-order valence-electron chi connectivity index (χ3n) is 5.31. The molecule has 7 nitrogen and oxygen atoms in total. The van der Waals surface area contributed by atoms with Crippen LogP contribution in [0, 0.1) is 6.92 Å². The van der Waals surface area contributed by atoms with Gasteiger partial charge < -0.3 is 10.3 Å². The molecule has 1 saturated carbocycles. The van der Waals surface area contributed by atoms with Crippen LogP contribution in [0.2, 0.25) is 0 Å². The van der Waals surface area contributed by atoms with Crippen molar-refractivity contribution in [2.24, 2.45) is 0 Å². The van der Waals surface area contributed by atoms with E-state index in [4.69, 9.17) is 0 Å². The molecule has 1 aromatic carbocycles. The van der Waals surface area contributed by atoms with Crippen molar-refractivity contribution < 1.29 is 8.42 Å². The maximum absolute atomic E-state index is 13.0. The molecule has 0 spiro atoms. The maximum Gasteiger partial charge on any atom is 0.241 e. The second-order valence-corrected chi connectivity index (χ2v) is 10.4. The van der Waals surface area contributed by atoms with Crippen molar-refractivity contribution in [1.82, 2.24) is 19.7 Å². The molecule has 0 bridgehead atoms. The molecule has 2 aromatic heterocycles. The number of aryl methyl sites for hydroxylation is 1. The molecule has 9 heteroatoms. The molecule has 1 aliphatic rings. The van der Waals surface area contributed by atoms with Crippen molar-refractivity contribution in [3.05, 3.63) is 41.3 Å². The Morgan fingerprint density at radius 2 is 1.97 bits per heavy atom. The Kier molecular flexibility index (Phi) is 6.21. The Bertz CT molecular complexity index is 1110. The normalized spacial score (nSPS) is 15.4. The fourth-order valence-electron chi connectivity index (χ4n) is 3.86. The lowest BCUT2D eigenvalue weighted by Gasteiger charge is -2.18. The summed E-state index contributed by atoms with van der Waals surface area (Å²) >= 11 is 1.61. The zero-order chi connectivity index (χ0) is 21.1. The summed E-state index contributed by atoms with van der Waals surface area (Å²) < 4.78 is 28.5. The van der Waals surface area contributed by atoms with Crippen LogP contribution < -0.4 is 10.0 Å². The van der Waals surface area contributed by atoms with Crippen LogP contribution in [0.4, 0.5) is 11.6 Å². The van der Waals surface area contributed by atoms with Crippen molar-refractivity contribution in [3.8, 4) is 10.4 Å². The Balaban J connectivity index is 1.70. The molecular formula is C21H27N5O2S2. The molecule has 30 heavy (non-hydrogen) atoms. The number of hydrogen-bond acceptors (Lipinski definition) is 6. The van der Waals surface area contributed by atoms with E-state index in [0.717, 1.165) is 15.6 Å². The topological polar surface area (TPSA) is 99.8 Å². The van der Waals surface area contributed by atoms with E-state index in [1.54, 1.807) is 30.5 Å². The molecule has 0 unspecified atom stereocenters. The minimum absolute atomic E-state index is 0.247. The first kappa shape index (κ1) is 21.0. The number of anilines is 2. The standard InChI is InChI=1S/C21H27N5O2S2/c1-3-24-30(27,28)19-11-16(26-21-23-12-14(2)25-21)9-10-17(19)18-13-22-20(29-18)15-7-5-4-6-8-15/h9-13,15,24H,3-8H2,1-2H3,(H2,23,25,26). The Morgan fingerprint density at radius 3 is 2.67 bits per heavy atom. The van der Waals surface area contributed by atoms with Gasteiger partial charge in [0.25, 0.3) is 0 Å². The first-order valence-corrected chi connectivity index (χ1v) is 12.6. The van der Waals surface area contributed by atoms with Crippen LogP contribution >= 0.6 is 11.3 Å². The number of benzene rings is 1. The van der Waals surface area contributed by atoms with E-state index in [9.17, 15) is 8.42 Å². The largest absolute Gasteiger partial charge is 0.328 e. The SMILES string of the molecule is CCNS(=O)(=O)c1cc(Nc2ncc(C)[nH]2)ccc1-c1cnc(C2CCCCC2)s1. The van der Waals surface area contributed by atoms with Crippen LogP contribution in [0.25, 0.3) is 10.4 Å². The van der Waals surface area contributed by atoms with Crippen LogP contribution in [0.5, 0.6) is 0 Å². The first-order valence-electron chi connectivity index (χ1n) is 10.3. The Hall–Kier alpha value is -2.23. The molecule has 1 aliphatic carbocycles. The number of hydrogen-bond donors (Lipinski definition) is 3. The van der Waals surface area contributed by atoms with Gasteiger partial charge in [-0.05, 0) is 31.9 Å². The highest BCUT2D eigenvalue weighted by Crippen LogP contribution is 2.39. The molecule has 2 heterocycles. The summed E-state index contributed by atoms with van der Waals surface area (Å²) in [4.78, 5) is 13.1. The molecule has 1 fully saturated rings. The Labute approximate surface area is 181 Å². The van der Waals surface area contributed by atoms with E-state index in [2.05, 4.69) is 25.0 Å². The van der Waals surface area contributed by atoms with Gasteiger partial charge in [-0.1, -0.05) is 32.3 Å². The summed E-state index contributed by atoms with van der Waals surface area (Å²) in [6.07, 6.45) is 9.65. The predicted octanol–water partition coefficient (Wildman–Crippen LogP) is 4.93. The molecule has 0 saturated heterocycles. The number of aromatic nitrogens is 3. The van der Waals surface area contributed by atoms with E-state index >= 15 is 0 Å². The zero-order valence-electron chi connectivity index (χ0n) is 17.2. The van der Waals surface area contributed by atoms with Crippen LogP contribution in [0.3, 0.4) is 0 Å². The van der Waals surface area contributed by atoms with Gasteiger partial charge in [0.1, 0.15) is 0 Å². The fourth-order valence-corrected chi connectivity index (χ4v) is 6.33. The lowest BCUT2D eigenvalue weighted by Crippen LogP contribution is -2.23. The lowest BCUT2D eigenvalue weighted by molar-refractivity contribution is 0.442. The summed E-state index contributed by atoms with van der Waals surface area (Å²) in [7, 11) is -3.66. The molecular weight excluding hydrogens is 418 g/mol. The molecule has 4 rings (SSSR count). The second-order valence-electron chi connectivity index (χ2n) is 7.65. The molecule has 0 amide bonds. The average Bonchev–Trinajstić information content (AvgIpc) is 3.38. The molecule has 0 radical (unpaired) electrons. The Morgan fingerprint density at radius 1 is 1.17 bits per heavy atom. The first-order chi connectivity index (χ1) is 14.5. The maximum atomic E-state index is 13.0. The van der Waals surface area contributed by atoms with Crippen molar-refractivity contribution >= 4 is 33.0 Å². The van der Waals surface area contributed by atoms with Gasteiger partial charge in [0.05, 0.1) is 14.8 Å². The highest BCUT2D eigenvalue weighted by molar-refractivity contribution is 7.89. The third kappa shape index (κ3) is 4.58. The van der Waals surface area contributed by atoms with Gasteiger partial charge in [-0.2, -0.15) is 0 Å². The number of thiazole rings is 1. The van der Waals surface area contributed by atoms with Gasteiger partial charge >= 0.3 is 0 Å². The summed E-state index contributed by atoms with van der Waals surface area (Å²) in [5.41, 5.74) is 2.26. The lowest BCUT2D eigenvalue weighted by atomic mass is 9.90. The third-order valence-corrected chi connectivity index (χ3v) is 8.09. The summed E-state index contributed by atoms with van der Waals surface area (Å²) in [5, 5.41) is 4.26. The predicted molar refractivity (Wildman–Crippen MR) is 121 cm³/mol. The fraction of sp³-hybridized carbons (Fsp3) is 0.429. The molecule has 160 valence electrons. The smallest absolute Gasteiger partial charge is 0.241 e. The van der Waals surface area contributed by atoms with E-state index in [-0.39, 0.29) is 4.90 Å². The number of imidazole rings is 1. The average molecular weight is 446 g/mol. The van der Waals surface area contributed by atoms with Crippen molar-refractivity contribution in [1.29, 1.82) is 0 Å². The molecule has 0 atom stereocenters. The van der Waals surface area contributed by atoms with Crippen LogP contribution in [-0.4, -0.2) is 29.9 Å². The van der Waals surface area contributed by atoms with E-state index in [0.29, 0.717) is 29.7 Å². The zero-order valence-corrected chi connectivity index (χ0v) is 18.9. The van der Waals surface area contributed by atoms with Crippen molar-refractivity contribution in [2.75, 3.05) is 11.9 Å². The van der Waals surface area contributed by atoms with Gasteiger partial charge in [0, 0.05) is 41.8 Å². The summed E-state index contributed by atoms with van der Waals surface area (Å²) in [6, 6.07) is 5.38. The van der Waals surface area contributed by atoms with Crippen molar-refractivity contribution in [3.63, 3.8) is 0 Å². The van der Waals surface area contributed by atoms with Gasteiger partial charge in [-0.15, -0.1) is 11.3 Å². The van der Waals surface area contributed by atoms with Gasteiger partial charge in [-0.3, -0.25) is 0 Å². The molecule has 3 N–H and O–H groups in total.